The average Bonchev–Trinajstić information content (AvgIpc) is 2.26. The fourth-order valence-electron chi connectivity index (χ4n) is 1.18. The van der Waals surface area contributed by atoms with Crippen molar-refractivity contribution in [3.8, 4) is 0 Å². The van der Waals surface area contributed by atoms with Gasteiger partial charge in [0, 0.05) is 4.47 Å². The maximum Gasteiger partial charge on any atom is 0.0250 e. The Labute approximate surface area is 103 Å². The van der Waals surface area contributed by atoms with Crippen molar-refractivity contribution in [3.05, 3.63) is 39.4 Å². The van der Waals surface area contributed by atoms with Gasteiger partial charge in [0.15, 0.2) is 0 Å². The van der Waals surface area contributed by atoms with Crippen LogP contribution in [0.1, 0.15) is 45.2 Å². The summed E-state index contributed by atoms with van der Waals surface area (Å²) in [4.78, 5) is 0. The van der Waals surface area contributed by atoms with E-state index in [2.05, 4.69) is 61.0 Å². The molecule has 1 heteroatoms. The van der Waals surface area contributed by atoms with Crippen molar-refractivity contribution in [2.24, 2.45) is 0 Å². The Morgan fingerprint density at radius 1 is 1.33 bits per heavy atom. The van der Waals surface area contributed by atoms with Gasteiger partial charge >= 0.3 is 0 Å². The van der Waals surface area contributed by atoms with Crippen LogP contribution in [0.3, 0.4) is 0 Å². The van der Waals surface area contributed by atoms with Crippen molar-refractivity contribution < 1.29 is 0 Å². The third-order valence-electron chi connectivity index (χ3n) is 2.22. The highest BCUT2D eigenvalue weighted by molar-refractivity contribution is 9.10. The quantitative estimate of drug-likeness (QED) is 0.655. The van der Waals surface area contributed by atoms with Crippen LogP contribution in [0.2, 0.25) is 0 Å². The highest BCUT2D eigenvalue weighted by Gasteiger charge is 1.99. The second kappa shape index (κ2) is 7.70. The van der Waals surface area contributed by atoms with E-state index in [0.717, 1.165) is 6.42 Å². The summed E-state index contributed by atoms with van der Waals surface area (Å²) in [6.45, 7) is 10.5. The molecule has 0 N–H and O–H groups in total. The number of aryl methyl sites for hydroxylation is 1. The first kappa shape index (κ1) is 14.4. The van der Waals surface area contributed by atoms with Crippen LogP contribution in [0.15, 0.2) is 28.2 Å². The maximum absolute atomic E-state index is 3.56. The Morgan fingerprint density at radius 2 is 1.93 bits per heavy atom. The van der Waals surface area contributed by atoms with Gasteiger partial charge in [-0.25, -0.2) is 0 Å². The molecule has 0 amide bonds. The lowest BCUT2D eigenvalue weighted by molar-refractivity contribution is 1.11. The average molecular weight is 269 g/mol. The van der Waals surface area contributed by atoms with Crippen molar-refractivity contribution >= 4 is 22.0 Å². The Kier molecular flexibility index (Phi) is 7.41. The van der Waals surface area contributed by atoms with Gasteiger partial charge in [-0.3, -0.25) is 0 Å². The van der Waals surface area contributed by atoms with E-state index < -0.39 is 0 Å². The zero-order chi connectivity index (χ0) is 11.8. The molecule has 0 aromatic heterocycles. The Balaban J connectivity index is 0.000000921. The molecule has 0 bridgehead atoms. The first-order valence-corrected chi connectivity index (χ1v) is 6.36. The largest absolute Gasteiger partial charge is 0.0730 e. The third kappa shape index (κ3) is 4.65. The summed E-state index contributed by atoms with van der Waals surface area (Å²) < 4.78 is 1.18. The lowest BCUT2D eigenvalue weighted by Crippen LogP contribution is -1.83. The van der Waals surface area contributed by atoms with Gasteiger partial charge in [-0.05, 0) is 37.5 Å². The topological polar surface area (TPSA) is 0 Å². The molecule has 0 nitrogen and oxygen atoms in total. The van der Waals surface area contributed by atoms with E-state index in [9.17, 15) is 0 Å². The van der Waals surface area contributed by atoms with E-state index in [4.69, 9.17) is 0 Å². The highest BCUT2D eigenvalue weighted by atomic mass is 79.9. The molecule has 0 spiro atoms. The van der Waals surface area contributed by atoms with Crippen LogP contribution in [0.5, 0.6) is 0 Å². The van der Waals surface area contributed by atoms with Crippen molar-refractivity contribution in [1.82, 2.24) is 0 Å². The summed E-state index contributed by atoms with van der Waals surface area (Å²) >= 11 is 3.56. The number of allylic oxidation sites excluding steroid dienone is 1. The van der Waals surface area contributed by atoms with E-state index in [1.165, 1.54) is 21.2 Å². The zero-order valence-corrected chi connectivity index (χ0v) is 12.0. The molecular weight excluding hydrogens is 248 g/mol. The Morgan fingerprint density at radius 3 is 2.40 bits per heavy atom. The fourth-order valence-corrected chi connectivity index (χ4v) is 1.76. The molecule has 0 unspecified atom stereocenters. The van der Waals surface area contributed by atoms with E-state index in [1.54, 1.807) is 0 Å². The Bertz CT molecular complexity index is 304. The monoisotopic (exact) mass is 268 g/mol. The van der Waals surface area contributed by atoms with Crippen LogP contribution in [-0.2, 0) is 0 Å². The van der Waals surface area contributed by atoms with Crippen molar-refractivity contribution in [2.75, 3.05) is 0 Å². The van der Waals surface area contributed by atoms with Gasteiger partial charge in [-0.15, -0.1) is 0 Å². The number of rotatable bonds is 2. The van der Waals surface area contributed by atoms with E-state index >= 15 is 0 Å². The summed E-state index contributed by atoms with van der Waals surface area (Å²) in [5, 5.41) is 0. The molecule has 0 aliphatic heterocycles. The van der Waals surface area contributed by atoms with E-state index in [0.29, 0.717) is 0 Å². The molecule has 0 heterocycles. The van der Waals surface area contributed by atoms with Gasteiger partial charge in [0.25, 0.3) is 0 Å². The van der Waals surface area contributed by atoms with Gasteiger partial charge < -0.3 is 0 Å². The van der Waals surface area contributed by atoms with Gasteiger partial charge in [-0.2, -0.15) is 0 Å². The number of hydrogen-bond donors (Lipinski definition) is 0. The van der Waals surface area contributed by atoms with Gasteiger partial charge in [0.2, 0.25) is 0 Å². The molecule has 84 valence electrons. The van der Waals surface area contributed by atoms with Gasteiger partial charge in [-0.1, -0.05) is 60.5 Å². The second-order valence-corrected chi connectivity index (χ2v) is 4.17. The lowest BCUT2D eigenvalue weighted by atomic mass is 10.1. The summed E-state index contributed by atoms with van der Waals surface area (Å²) in [5.41, 5.74) is 4.04. The van der Waals surface area contributed by atoms with Crippen LogP contribution in [0.4, 0.5) is 0 Å². The normalized spacial score (nSPS) is 10.7. The maximum atomic E-state index is 3.56. The third-order valence-corrected chi connectivity index (χ3v) is 2.91. The molecule has 0 aliphatic rings. The summed E-state index contributed by atoms with van der Waals surface area (Å²) in [7, 11) is 0. The van der Waals surface area contributed by atoms with Crippen LogP contribution in [0.25, 0.3) is 6.08 Å². The molecule has 1 aromatic rings. The highest BCUT2D eigenvalue weighted by Crippen LogP contribution is 2.23. The molecule has 0 saturated heterocycles. The molecule has 0 aliphatic carbocycles. The van der Waals surface area contributed by atoms with Crippen LogP contribution in [-0.4, -0.2) is 0 Å². The molecule has 15 heavy (non-hydrogen) atoms. The van der Waals surface area contributed by atoms with Crippen LogP contribution < -0.4 is 0 Å². The standard InChI is InChI=1S/C12H15Br.C2H6/c1-4-9(2)8-11-10(3)6-5-7-12(11)13;1-2/h5-8H,4H2,1-3H3;1-2H3/b9-8+;. The molecule has 1 aromatic carbocycles. The number of hydrogen-bond acceptors (Lipinski definition) is 0. The van der Waals surface area contributed by atoms with Crippen molar-refractivity contribution in [1.29, 1.82) is 0 Å². The number of benzene rings is 1. The summed E-state index contributed by atoms with van der Waals surface area (Å²) in [6.07, 6.45) is 3.36. The summed E-state index contributed by atoms with van der Waals surface area (Å²) in [5.74, 6) is 0. The molecule has 0 radical (unpaired) electrons. The minimum absolute atomic E-state index is 1.11. The molecule has 0 atom stereocenters. The lowest BCUT2D eigenvalue weighted by Gasteiger charge is -2.04. The van der Waals surface area contributed by atoms with Crippen LogP contribution in [0, 0.1) is 6.92 Å². The minimum atomic E-state index is 1.11. The smallest absolute Gasteiger partial charge is 0.0250 e. The molecular formula is C14H21Br. The Hall–Kier alpha value is -0.560. The molecule has 1 rings (SSSR count). The van der Waals surface area contributed by atoms with E-state index in [-0.39, 0.29) is 0 Å². The first-order valence-electron chi connectivity index (χ1n) is 5.57. The van der Waals surface area contributed by atoms with Crippen molar-refractivity contribution in [3.63, 3.8) is 0 Å². The second-order valence-electron chi connectivity index (χ2n) is 3.31. The van der Waals surface area contributed by atoms with Crippen molar-refractivity contribution in [2.45, 2.75) is 41.0 Å². The molecule has 0 saturated carbocycles. The fraction of sp³-hybridized carbons (Fsp3) is 0.429. The number of halogens is 1. The predicted octanol–water partition coefficient (Wildman–Crippen LogP) is 5.60. The van der Waals surface area contributed by atoms with Gasteiger partial charge in [0.05, 0.1) is 0 Å². The zero-order valence-electron chi connectivity index (χ0n) is 10.4. The van der Waals surface area contributed by atoms with E-state index in [1.807, 2.05) is 13.8 Å². The predicted molar refractivity (Wildman–Crippen MR) is 74.2 cm³/mol. The summed E-state index contributed by atoms with van der Waals surface area (Å²) in [6, 6.07) is 6.29. The van der Waals surface area contributed by atoms with Gasteiger partial charge in [0.1, 0.15) is 0 Å². The SMILES string of the molecule is CC.CC/C(C)=C/c1c(C)cccc1Br. The first-order chi connectivity index (χ1) is 7.15. The molecule has 0 fully saturated rings. The minimum Gasteiger partial charge on any atom is -0.0730 e. The van der Waals surface area contributed by atoms with Crippen LogP contribution >= 0.6 is 15.9 Å².